The maximum Gasteiger partial charge on any atom is 0.246 e. The Hall–Kier alpha value is -1.56. The summed E-state index contributed by atoms with van der Waals surface area (Å²) in [4.78, 5) is 31.0. The van der Waals surface area contributed by atoms with Gasteiger partial charge in [0.25, 0.3) is 0 Å². The summed E-state index contributed by atoms with van der Waals surface area (Å²) < 4.78 is 0. The third-order valence-corrected chi connectivity index (χ3v) is 6.11. The predicted molar refractivity (Wildman–Crippen MR) is 114 cm³/mol. The maximum atomic E-state index is 12.6. The first-order valence-electron chi connectivity index (χ1n) is 9.88. The molecule has 1 aromatic rings. The smallest absolute Gasteiger partial charge is 0.246 e. The number of piperazine rings is 1. The van der Waals surface area contributed by atoms with Crippen molar-refractivity contribution in [3.05, 3.63) is 39.9 Å². The minimum Gasteiger partial charge on any atom is -0.339 e. The van der Waals surface area contributed by atoms with Crippen LogP contribution in [0.25, 0.3) is 6.08 Å². The Balaban J connectivity index is 1.48. The molecule has 28 heavy (non-hydrogen) atoms. The molecule has 3 rings (SSSR count). The monoisotopic (exact) mass is 423 g/mol. The molecule has 2 aliphatic rings. The predicted octanol–water partition coefficient (Wildman–Crippen LogP) is 3.55. The van der Waals surface area contributed by atoms with Gasteiger partial charge < -0.3 is 9.80 Å². The zero-order chi connectivity index (χ0) is 20.1. The first-order valence-corrected chi connectivity index (χ1v) is 10.6. The van der Waals surface area contributed by atoms with Crippen LogP contribution < -0.4 is 0 Å². The Morgan fingerprint density at radius 2 is 1.86 bits per heavy atom. The molecule has 2 heterocycles. The molecule has 0 aromatic heterocycles. The van der Waals surface area contributed by atoms with E-state index in [9.17, 15) is 9.59 Å². The molecule has 0 N–H and O–H groups in total. The van der Waals surface area contributed by atoms with Crippen LogP contribution in [0.5, 0.6) is 0 Å². The fourth-order valence-corrected chi connectivity index (χ4v) is 4.15. The molecule has 7 heteroatoms. The van der Waals surface area contributed by atoms with Crippen molar-refractivity contribution in [1.82, 2.24) is 14.7 Å². The standard InChI is InChI=1S/C21H27Cl2N3O2/c1-16-4-2-3-9-26(16)21(28)15-24-10-12-25(13-11-24)20(27)8-5-17-14-18(22)6-7-19(17)23/h5-8,14,16H,2-4,9-13,15H2,1H3/b8-5+. The number of amides is 2. The van der Waals surface area contributed by atoms with Gasteiger partial charge in [-0.25, -0.2) is 0 Å². The van der Waals surface area contributed by atoms with E-state index in [2.05, 4.69) is 11.8 Å². The molecule has 152 valence electrons. The lowest BCUT2D eigenvalue weighted by Crippen LogP contribution is -2.52. The van der Waals surface area contributed by atoms with E-state index in [0.29, 0.717) is 48.8 Å². The van der Waals surface area contributed by atoms with Crippen molar-refractivity contribution in [2.24, 2.45) is 0 Å². The number of halogens is 2. The highest BCUT2D eigenvalue weighted by Gasteiger charge is 2.26. The first kappa shape index (κ1) is 21.2. The van der Waals surface area contributed by atoms with E-state index in [0.717, 1.165) is 24.9 Å². The van der Waals surface area contributed by atoms with Crippen molar-refractivity contribution in [1.29, 1.82) is 0 Å². The Bertz CT molecular complexity index is 745. The average Bonchev–Trinajstić information content (AvgIpc) is 2.69. The normalized spacial score (nSPS) is 21.3. The largest absolute Gasteiger partial charge is 0.339 e. The fourth-order valence-electron chi connectivity index (χ4n) is 3.79. The Morgan fingerprint density at radius 3 is 2.57 bits per heavy atom. The molecule has 0 radical (unpaired) electrons. The zero-order valence-corrected chi connectivity index (χ0v) is 17.8. The number of likely N-dealkylation sites (tertiary alicyclic amines) is 1. The van der Waals surface area contributed by atoms with E-state index in [4.69, 9.17) is 23.2 Å². The second-order valence-electron chi connectivity index (χ2n) is 7.53. The molecule has 0 saturated carbocycles. The summed E-state index contributed by atoms with van der Waals surface area (Å²) in [5, 5.41) is 1.14. The van der Waals surface area contributed by atoms with Gasteiger partial charge in [0.1, 0.15) is 0 Å². The van der Waals surface area contributed by atoms with Crippen LogP contribution >= 0.6 is 23.2 Å². The fraction of sp³-hybridized carbons (Fsp3) is 0.524. The van der Waals surface area contributed by atoms with Gasteiger partial charge in [-0.3, -0.25) is 14.5 Å². The molecule has 2 fully saturated rings. The van der Waals surface area contributed by atoms with Gasteiger partial charge in [-0.05, 0) is 56.0 Å². The summed E-state index contributed by atoms with van der Waals surface area (Å²) in [6, 6.07) is 5.51. The minimum absolute atomic E-state index is 0.0494. The van der Waals surface area contributed by atoms with Crippen molar-refractivity contribution in [3.8, 4) is 0 Å². The zero-order valence-electron chi connectivity index (χ0n) is 16.2. The van der Waals surface area contributed by atoms with Crippen molar-refractivity contribution in [3.63, 3.8) is 0 Å². The van der Waals surface area contributed by atoms with Crippen LogP contribution in [0.4, 0.5) is 0 Å². The number of hydrogen-bond acceptors (Lipinski definition) is 3. The van der Waals surface area contributed by atoms with E-state index >= 15 is 0 Å². The summed E-state index contributed by atoms with van der Waals surface area (Å²) >= 11 is 12.1. The third kappa shape index (κ3) is 5.49. The summed E-state index contributed by atoms with van der Waals surface area (Å²) in [5.41, 5.74) is 0.724. The minimum atomic E-state index is -0.0494. The SMILES string of the molecule is CC1CCCCN1C(=O)CN1CCN(C(=O)/C=C/c2cc(Cl)ccc2Cl)CC1. The van der Waals surface area contributed by atoms with E-state index in [1.807, 2.05) is 4.90 Å². The molecule has 1 unspecified atom stereocenters. The van der Waals surface area contributed by atoms with E-state index in [1.165, 1.54) is 12.5 Å². The van der Waals surface area contributed by atoms with Crippen LogP contribution in [0.3, 0.4) is 0 Å². The van der Waals surface area contributed by atoms with Crippen molar-refractivity contribution < 1.29 is 9.59 Å². The molecule has 2 aliphatic heterocycles. The molecule has 2 amide bonds. The lowest BCUT2D eigenvalue weighted by atomic mass is 10.0. The summed E-state index contributed by atoms with van der Waals surface area (Å²) in [6.45, 7) is 6.11. The highest BCUT2D eigenvalue weighted by molar-refractivity contribution is 6.34. The lowest BCUT2D eigenvalue weighted by molar-refractivity contribution is -0.136. The highest BCUT2D eigenvalue weighted by Crippen LogP contribution is 2.22. The number of carbonyl (C=O) groups is 2. The van der Waals surface area contributed by atoms with Crippen molar-refractivity contribution in [2.75, 3.05) is 39.3 Å². The van der Waals surface area contributed by atoms with Gasteiger partial charge in [0.15, 0.2) is 0 Å². The Kier molecular flexibility index (Phi) is 7.38. The second kappa shape index (κ2) is 9.77. The van der Waals surface area contributed by atoms with Crippen LogP contribution in [-0.2, 0) is 9.59 Å². The average molecular weight is 424 g/mol. The van der Waals surface area contributed by atoms with Gasteiger partial charge in [0, 0.05) is 54.9 Å². The lowest BCUT2D eigenvalue weighted by Gasteiger charge is -2.37. The third-order valence-electron chi connectivity index (χ3n) is 5.53. The maximum absolute atomic E-state index is 12.6. The molecule has 0 bridgehead atoms. The molecule has 1 atom stereocenters. The number of nitrogens with zero attached hydrogens (tertiary/aromatic N) is 3. The van der Waals surface area contributed by atoms with Gasteiger partial charge in [-0.15, -0.1) is 0 Å². The number of piperidine rings is 1. The summed E-state index contributed by atoms with van der Waals surface area (Å²) in [7, 11) is 0. The Labute approximate surface area is 176 Å². The molecule has 5 nitrogen and oxygen atoms in total. The molecular weight excluding hydrogens is 397 g/mol. The number of carbonyl (C=O) groups excluding carboxylic acids is 2. The second-order valence-corrected chi connectivity index (χ2v) is 8.38. The van der Waals surface area contributed by atoms with Gasteiger partial charge in [0.05, 0.1) is 6.54 Å². The molecule has 0 spiro atoms. The van der Waals surface area contributed by atoms with Crippen LogP contribution in [0, 0.1) is 0 Å². The van der Waals surface area contributed by atoms with E-state index < -0.39 is 0 Å². The summed E-state index contributed by atoms with van der Waals surface area (Å²) in [5.74, 6) is 0.161. The topological polar surface area (TPSA) is 43.9 Å². The van der Waals surface area contributed by atoms with E-state index in [-0.39, 0.29) is 11.8 Å². The molecule has 1 aromatic carbocycles. The number of hydrogen-bond donors (Lipinski definition) is 0. The van der Waals surface area contributed by atoms with E-state index in [1.54, 1.807) is 29.2 Å². The number of rotatable bonds is 4. The van der Waals surface area contributed by atoms with Crippen LogP contribution in [0.2, 0.25) is 10.0 Å². The molecule has 0 aliphatic carbocycles. The van der Waals surface area contributed by atoms with Crippen LogP contribution in [-0.4, -0.2) is 71.8 Å². The van der Waals surface area contributed by atoms with Gasteiger partial charge in [0.2, 0.25) is 11.8 Å². The molecular formula is C21H27Cl2N3O2. The van der Waals surface area contributed by atoms with Crippen LogP contribution in [0.15, 0.2) is 24.3 Å². The quantitative estimate of drug-likeness (QED) is 0.695. The summed E-state index contributed by atoms with van der Waals surface area (Å²) in [6.07, 6.45) is 6.63. The first-order chi connectivity index (χ1) is 13.4. The van der Waals surface area contributed by atoms with Gasteiger partial charge >= 0.3 is 0 Å². The molecule has 2 saturated heterocycles. The number of benzene rings is 1. The van der Waals surface area contributed by atoms with Gasteiger partial charge in [-0.2, -0.15) is 0 Å². The Morgan fingerprint density at radius 1 is 1.11 bits per heavy atom. The van der Waals surface area contributed by atoms with Gasteiger partial charge in [-0.1, -0.05) is 23.2 Å². The van der Waals surface area contributed by atoms with Crippen molar-refractivity contribution in [2.45, 2.75) is 32.2 Å². The van der Waals surface area contributed by atoms with Crippen LogP contribution in [0.1, 0.15) is 31.7 Å². The van der Waals surface area contributed by atoms with Crippen molar-refractivity contribution >= 4 is 41.1 Å². The highest BCUT2D eigenvalue weighted by atomic mass is 35.5.